The molecule has 3 rings (SSSR count). The second-order valence-electron chi connectivity index (χ2n) is 10.0. The Labute approximate surface area is 171 Å². The molecule has 1 saturated heterocycles. The summed E-state index contributed by atoms with van der Waals surface area (Å²) >= 11 is -1.24. The molecule has 2 heterocycles. The molecule has 0 spiro atoms. The first-order valence-electron chi connectivity index (χ1n) is 9.97. The first-order valence-corrected chi connectivity index (χ1v) is 11.1. The van der Waals surface area contributed by atoms with E-state index in [0.717, 1.165) is 23.9 Å². The van der Waals surface area contributed by atoms with Crippen LogP contribution in [0.4, 0.5) is 0 Å². The molecule has 0 bridgehead atoms. The molecule has 2 aliphatic rings. The van der Waals surface area contributed by atoms with Gasteiger partial charge in [-0.1, -0.05) is 0 Å². The van der Waals surface area contributed by atoms with Crippen LogP contribution < -0.4 is 15.7 Å². The Morgan fingerprint density at radius 2 is 1.79 bits per heavy atom. The highest BCUT2D eigenvalue weighted by Gasteiger charge is 2.53. The van der Waals surface area contributed by atoms with Crippen molar-refractivity contribution in [2.24, 2.45) is 13.0 Å². The third-order valence-corrected chi connectivity index (χ3v) is 7.60. The number of hydrogen-bond acceptors (Lipinski definition) is 5. The quantitative estimate of drug-likeness (QED) is 0.597. The maximum absolute atomic E-state index is 12.8. The molecule has 156 valence electrons. The van der Waals surface area contributed by atoms with Gasteiger partial charge in [0, 0.05) is 36.1 Å². The summed E-state index contributed by atoms with van der Waals surface area (Å²) in [5.41, 5.74) is 0.628. The van der Waals surface area contributed by atoms with Gasteiger partial charge in [0.1, 0.15) is 4.75 Å². The molecule has 1 N–H and O–H groups in total. The van der Waals surface area contributed by atoms with Gasteiger partial charge in [-0.25, -0.2) is 0 Å². The Hall–Kier alpha value is -0.795. The maximum Gasteiger partial charge on any atom is 0.496 e. The number of aromatic nitrogens is 1. The van der Waals surface area contributed by atoms with E-state index in [4.69, 9.17) is 9.31 Å². The minimum Gasteiger partial charge on any atom is -0.598 e. The molecule has 1 aromatic rings. The minimum absolute atomic E-state index is 0.0933. The highest BCUT2D eigenvalue weighted by molar-refractivity contribution is 7.90. The summed E-state index contributed by atoms with van der Waals surface area (Å²) in [5, 5.41) is 0. The van der Waals surface area contributed by atoms with Crippen LogP contribution in [0.2, 0.25) is 0 Å². The van der Waals surface area contributed by atoms with Gasteiger partial charge in [-0.2, -0.15) is 0 Å². The van der Waals surface area contributed by atoms with Gasteiger partial charge < -0.3 is 18.4 Å². The molecular formula is C20H33BN2O4S. The monoisotopic (exact) mass is 408 g/mol. The van der Waals surface area contributed by atoms with Gasteiger partial charge in [0.15, 0.2) is 0 Å². The summed E-state index contributed by atoms with van der Waals surface area (Å²) in [7, 11) is 1.16. The van der Waals surface area contributed by atoms with Crippen LogP contribution in [0.5, 0.6) is 0 Å². The zero-order valence-electron chi connectivity index (χ0n) is 18.3. The molecule has 8 heteroatoms. The van der Waals surface area contributed by atoms with E-state index < -0.39 is 34.4 Å². The van der Waals surface area contributed by atoms with Crippen molar-refractivity contribution in [1.82, 2.24) is 9.29 Å². The molecular weight excluding hydrogens is 375 g/mol. The van der Waals surface area contributed by atoms with E-state index in [0.29, 0.717) is 5.92 Å². The Morgan fingerprint density at radius 1 is 1.25 bits per heavy atom. The van der Waals surface area contributed by atoms with Gasteiger partial charge in [0.05, 0.1) is 17.2 Å². The fraction of sp³-hybridized carbons (Fsp3) is 0.750. The third kappa shape index (κ3) is 4.21. The van der Waals surface area contributed by atoms with E-state index in [1.165, 1.54) is 0 Å². The summed E-state index contributed by atoms with van der Waals surface area (Å²) in [6.45, 7) is 13.9. The van der Waals surface area contributed by atoms with Crippen LogP contribution in [-0.4, -0.2) is 32.2 Å². The van der Waals surface area contributed by atoms with Crippen LogP contribution in [0.3, 0.4) is 0 Å². The first-order chi connectivity index (χ1) is 12.7. The van der Waals surface area contributed by atoms with Crippen LogP contribution in [0, 0.1) is 5.92 Å². The zero-order valence-corrected chi connectivity index (χ0v) is 19.1. The fourth-order valence-electron chi connectivity index (χ4n) is 3.24. The first kappa shape index (κ1) is 21.9. The van der Waals surface area contributed by atoms with Gasteiger partial charge in [-0.3, -0.25) is 4.79 Å². The van der Waals surface area contributed by atoms with Gasteiger partial charge in [0.2, 0.25) is 0 Å². The van der Waals surface area contributed by atoms with E-state index in [1.54, 1.807) is 23.9 Å². The lowest BCUT2D eigenvalue weighted by Crippen LogP contribution is -2.46. The third-order valence-electron chi connectivity index (χ3n) is 6.02. The Balaban J connectivity index is 2.03. The van der Waals surface area contributed by atoms with Crippen molar-refractivity contribution in [2.45, 2.75) is 83.3 Å². The topological polar surface area (TPSA) is 75.6 Å². The summed E-state index contributed by atoms with van der Waals surface area (Å²) < 4.78 is 29.8. The number of nitrogens with zero attached hydrogens (tertiary/aromatic N) is 1. The predicted molar refractivity (Wildman–Crippen MR) is 114 cm³/mol. The van der Waals surface area contributed by atoms with Crippen molar-refractivity contribution in [1.29, 1.82) is 0 Å². The van der Waals surface area contributed by atoms with Crippen molar-refractivity contribution in [2.75, 3.05) is 0 Å². The van der Waals surface area contributed by atoms with Crippen LogP contribution in [0.15, 0.2) is 17.1 Å². The normalized spacial score (nSPS) is 23.7. The van der Waals surface area contributed by atoms with Crippen LogP contribution in [0.1, 0.15) is 72.9 Å². The highest BCUT2D eigenvalue weighted by atomic mass is 32.2. The number of aryl methyl sites for hydroxylation is 1. The van der Waals surface area contributed by atoms with Gasteiger partial charge in [-0.05, 0) is 72.8 Å². The van der Waals surface area contributed by atoms with E-state index >= 15 is 0 Å². The fourth-order valence-corrected chi connectivity index (χ4v) is 4.14. The van der Waals surface area contributed by atoms with E-state index in [2.05, 4.69) is 4.72 Å². The maximum atomic E-state index is 12.8. The van der Waals surface area contributed by atoms with Gasteiger partial charge in [0.25, 0.3) is 5.56 Å². The summed E-state index contributed by atoms with van der Waals surface area (Å²) in [6, 6.07) is 1.49. The van der Waals surface area contributed by atoms with Crippen LogP contribution in [0.25, 0.3) is 0 Å². The highest BCUT2D eigenvalue weighted by Crippen LogP contribution is 2.42. The molecule has 2 fully saturated rings. The minimum atomic E-state index is -1.24. The van der Waals surface area contributed by atoms with Gasteiger partial charge >= 0.3 is 7.12 Å². The molecule has 0 aromatic carbocycles. The van der Waals surface area contributed by atoms with Crippen molar-refractivity contribution in [3.63, 3.8) is 0 Å². The van der Waals surface area contributed by atoms with Crippen LogP contribution >= 0.6 is 0 Å². The SMILES string of the molecule is Cn1cc(B2OC(C)(C)C(C)(C)O2)c(C(N[S+]([O-])C(C)(C)C)C2CC2)cc1=O. The molecule has 28 heavy (non-hydrogen) atoms. The average molecular weight is 408 g/mol. The second-order valence-corrected chi connectivity index (χ2v) is 12.0. The average Bonchev–Trinajstić information content (AvgIpc) is 3.34. The van der Waals surface area contributed by atoms with Crippen molar-refractivity contribution in [3.8, 4) is 0 Å². The number of pyridine rings is 1. The molecule has 1 saturated carbocycles. The second kappa shape index (κ2) is 7.16. The lowest BCUT2D eigenvalue weighted by molar-refractivity contribution is 0.00578. The lowest BCUT2D eigenvalue weighted by atomic mass is 9.75. The Morgan fingerprint density at radius 3 is 2.25 bits per heavy atom. The number of nitrogens with one attached hydrogen (secondary N) is 1. The Bertz CT molecular complexity index is 782. The van der Waals surface area contributed by atoms with E-state index in [1.807, 2.05) is 48.5 Å². The molecule has 1 aromatic heterocycles. The van der Waals surface area contributed by atoms with Crippen LogP contribution in [-0.2, 0) is 27.7 Å². The number of hydrogen-bond donors (Lipinski definition) is 1. The molecule has 0 amide bonds. The van der Waals surface area contributed by atoms with Crippen molar-refractivity contribution in [3.05, 3.63) is 28.2 Å². The molecule has 1 aliphatic heterocycles. The molecule has 0 radical (unpaired) electrons. The van der Waals surface area contributed by atoms with E-state index in [-0.39, 0.29) is 11.6 Å². The lowest BCUT2D eigenvalue weighted by Gasteiger charge is -2.32. The smallest absolute Gasteiger partial charge is 0.496 e. The summed E-state index contributed by atoms with van der Waals surface area (Å²) in [5.74, 6) is 0.361. The standard InChI is InChI=1S/C20H33BN2O4S/c1-18(2,3)28(25)22-17(13-9-10-13)14-11-16(24)23(8)12-15(14)21-26-19(4,5)20(6,7)27-21/h11-13,17,22H,9-10H2,1-8H3. The zero-order chi connectivity index (χ0) is 21.1. The predicted octanol–water partition coefficient (Wildman–Crippen LogP) is 2.19. The number of rotatable bonds is 5. The molecule has 1 aliphatic carbocycles. The molecule has 2 unspecified atom stereocenters. The summed E-state index contributed by atoms with van der Waals surface area (Å²) in [4.78, 5) is 12.5. The molecule has 2 atom stereocenters. The summed E-state index contributed by atoms with van der Waals surface area (Å²) in [6.07, 6.45) is 3.91. The molecule has 6 nitrogen and oxygen atoms in total. The Kier molecular flexibility index (Phi) is 5.60. The van der Waals surface area contributed by atoms with Gasteiger partial charge in [-0.15, -0.1) is 4.72 Å². The van der Waals surface area contributed by atoms with Crippen molar-refractivity contribution < 1.29 is 13.9 Å². The van der Waals surface area contributed by atoms with Crippen molar-refractivity contribution >= 4 is 23.9 Å². The van der Waals surface area contributed by atoms with E-state index in [9.17, 15) is 9.35 Å². The largest absolute Gasteiger partial charge is 0.598 e.